The van der Waals surface area contributed by atoms with Crippen molar-refractivity contribution in [3.05, 3.63) is 84.1 Å². The van der Waals surface area contributed by atoms with Gasteiger partial charge in [0.25, 0.3) is 11.6 Å². The highest BCUT2D eigenvalue weighted by Crippen LogP contribution is 2.32. The van der Waals surface area contributed by atoms with Crippen molar-refractivity contribution in [2.75, 3.05) is 10.2 Å². The molecule has 3 aromatic carbocycles. The van der Waals surface area contributed by atoms with E-state index in [0.29, 0.717) is 11.4 Å². The van der Waals surface area contributed by atoms with Crippen molar-refractivity contribution in [3.63, 3.8) is 0 Å². The summed E-state index contributed by atoms with van der Waals surface area (Å²) in [5.74, 6) is -1.36. The van der Waals surface area contributed by atoms with Crippen molar-refractivity contribution < 1.29 is 23.9 Å². The number of amides is 2. The number of anilines is 2. The monoisotopic (exact) mass is 584 g/mol. The number of thiazole rings is 1. The number of nitrogens with zero attached hydrogens (tertiary/aromatic N) is 5. The van der Waals surface area contributed by atoms with Gasteiger partial charge in [0, 0.05) is 11.3 Å². The molecule has 5 aromatic rings. The van der Waals surface area contributed by atoms with Crippen molar-refractivity contribution in [1.29, 1.82) is 0 Å². The third kappa shape index (κ3) is 5.14. The number of nitrogens with one attached hydrogen (secondary N) is 1. The molecule has 12 heteroatoms. The Hall–Kier alpha value is -4.68. The fourth-order valence-corrected chi connectivity index (χ4v) is 6.18. The maximum atomic E-state index is 13.6. The second-order valence-corrected chi connectivity index (χ2v) is 11.1. The van der Waals surface area contributed by atoms with E-state index in [1.54, 1.807) is 59.7 Å². The first-order valence-electron chi connectivity index (χ1n) is 12.8. The van der Waals surface area contributed by atoms with Crippen molar-refractivity contribution in [3.8, 4) is 16.5 Å². The van der Waals surface area contributed by atoms with Crippen molar-refractivity contribution >= 4 is 62.1 Å². The molecule has 6 rings (SSSR count). The lowest BCUT2D eigenvalue weighted by molar-refractivity contribution is -0.746. The van der Waals surface area contributed by atoms with Gasteiger partial charge in [-0.05, 0) is 73.2 Å². The summed E-state index contributed by atoms with van der Waals surface area (Å²) in [6, 6.07) is 21.6. The van der Waals surface area contributed by atoms with Crippen LogP contribution in [0.1, 0.15) is 17.7 Å². The number of carbonyl (C=O) groups excluding carboxylic acids is 2. The zero-order chi connectivity index (χ0) is 28.7. The molecule has 3 heterocycles. The normalized spacial score (nSPS) is 15.2. The van der Waals surface area contributed by atoms with Crippen molar-refractivity contribution in [1.82, 2.24) is 15.2 Å². The molecule has 41 heavy (non-hydrogen) atoms. The summed E-state index contributed by atoms with van der Waals surface area (Å²) >= 11 is 7.28. The number of aryl methyl sites for hydroxylation is 2. The minimum Gasteiger partial charge on any atom is -0.539 e. The molecule has 0 aliphatic carbocycles. The summed E-state index contributed by atoms with van der Waals surface area (Å²) in [5.41, 5.74) is 4.45. The van der Waals surface area contributed by atoms with Crippen molar-refractivity contribution in [2.45, 2.75) is 25.9 Å². The molecule has 1 aliphatic heterocycles. The second-order valence-electron chi connectivity index (χ2n) is 9.69. The van der Waals surface area contributed by atoms with Gasteiger partial charge < -0.3 is 19.8 Å². The first-order chi connectivity index (χ1) is 19.8. The molecular formula is C29H24N6O4S2. The van der Waals surface area contributed by atoms with Crippen LogP contribution in [0.3, 0.4) is 0 Å². The molecule has 1 atom stereocenters. The second kappa shape index (κ2) is 10.7. The van der Waals surface area contributed by atoms with Crippen LogP contribution in [0.5, 0.6) is 5.95 Å². The number of hydrogen-bond acceptors (Lipinski definition) is 8. The fourth-order valence-electron chi connectivity index (χ4n) is 4.73. The van der Waals surface area contributed by atoms with Crippen LogP contribution in [0.25, 0.3) is 20.8 Å². The Morgan fingerprint density at radius 3 is 2.61 bits per heavy atom. The molecule has 1 fully saturated rings. The van der Waals surface area contributed by atoms with E-state index in [9.17, 15) is 14.7 Å². The maximum absolute atomic E-state index is 13.6. The number of fused-ring (bicyclic) bond motifs is 1. The van der Waals surface area contributed by atoms with Crippen LogP contribution < -0.4 is 20.0 Å². The fraction of sp³-hybridized carbons (Fsp3) is 0.172. The van der Waals surface area contributed by atoms with E-state index in [2.05, 4.69) is 23.6 Å². The first kappa shape index (κ1) is 26.5. The molecule has 206 valence electrons. The van der Waals surface area contributed by atoms with E-state index in [0.717, 1.165) is 20.8 Å². The Morgan fingerprint density at radius 1 is 1.15 bits per heavy atom. The Bertz CT molecular complexity index is 1760. The summed E-state index contributed by atoms with van der Waals surface area (Å²) in [6.45, 7) is 2.01. The summed E-state index contributed by atoms with van der Waals surface area (Å²) in [4.78, 5) is 34.5. The average Bonchev–Trinajstić information content (AvgIpc) is 3.59. The molecule has 0 saturated carbocycles. The third-order valence-corrected chi connectivity index (χ3v) is 8.35. The predicted octanol–water partition coefficient (Wildman–Crippen LogP) is 3.69. The van der Waals surface area contributed by atoms with E-state index in [-0.39, 0.29) is 35.6 Å². The molecule has 2 aromatic heterocycles. The van der Waals surface area contributed by atoms with Crippen LogP contribution in [-0.2, 0) is 23.2 Å². The quantitative estimate of drug-likeness (QED) is 0.227. The van der Waals surface area contributed by atoms with Gasteiger partial charge >= 0.3 is 0 Å². The van der Waals surface area contributed by atoms with Gasteiger partial charge in [0.1, 0.15) is 17.6 Å². The minimum absolute atomic E-state index is 0.0406. The van der Waals surface area contributed by atoms with Crippen LogP contribution in [0.4, 0.5) is 11.4 Å². The third-order valence-electron chi connectivity index (χ3n) is 6.86. The van der Waals surface area contributed by atoms with Gasteiger partial charge in [-0.2, -0.15) is 0 Å². The molecule has 0 bridgehead atoms. The van der Waals surface area contributed by atoms with E-state index < -0.39 is 12.0 Å². The number of benzene rings is 3. The highest BCUT2D eigenvalue weighted by atomic mass is 32.1. The molecule has 0 radical (unpaired) electrons. The first-order valence-corrected chi connectivity index (χ1v) is 14.0. The number of rotatable bonds is 7. The Kier molecular flexibility index (Phi) is 6.93. The number of thiocarbonyl (C=S) groups is 1. The highest BCUT2D eigenvalue weighted by Gasteiger charge is 2.45. The Labute approximate surface area is 244 Å². The maximum Gasteiger partial charge on any atom is 0.256 e. The van der Waals surface area contributed by atoms with Gasteiger partial charge in [-0.25, -0.2) is 4.98 Å². The summed E-state index contributed by atoms with van der Waals surface area (Å²) < 4.78 is 7.16. The van der Waals surface area contributed by atoms with Gasteiger partial charge in [-0.3, -0.25) is 14.5 Å². The van der Waals surface area contributed by atoms with Crippen molar-refractivity contribution in [2.24, 2.45) is 7.05 Å². The van der Waals surface area contributed by atoms with E-state index in [1.807, 2.05) is 30.3 Å². The lowest BCUT2D eigenvalue weighted by Crippen LogP contribution is -2.42. The number of hydrogen-bond donors (Lipinski definition) is 1. The highest BCUT2D eigenvalue weighted by molar-refractivity contribution is 7.80. The summed E-state index contributed by atoms with van der Waals surface area (Å²) in [6.07, 6.45) is -0.176. The SMILES string of the molecule is Cc1ccc2nc(-c3ccc(NC(=O)CC4C(=O)N(c5ccccc5)C(=S)N4Cc4c([O-])on[n+]4C)cc3)sc2c1. The topological polar surface area (TPSA) is 119 Å². The lowest BCUT2D eigenvalue weighted by atomic mass is 10.1. The molecule has 0 spiro atoms. The van der Waals surface area contributed by atoms with Gasteiger partial charge in [-0.1, -0.05) is 28.9 Å². The lowest BCUT2D eigenvalue weighted by Gasteiger charge is -2.22. The van der Waals surface area contributed by atoms with Gasteiger partial charge in [0.2, 0.25) is 5.91 Å². The molecule has 1 N–H and O–H groups in total. The number of para-hydroxylation sites is 1. The molecule has 2 amide bonds. The van der Waals surface area contributed by atoms with Crippen LogP contribution in [0.15, 0.2) is 77.3 Å². The largest absolute Gasteiger partial charge is 0.539 e. The van der Waals surface area contributed by atoms with Gasteiger partial charge in [-0.15, -0.1) is 11.3 Å². The van der Waals surface area contributed by atoms with Gasteiger partial charge in [0.15, 0.2) is 18.1 Å². The zero-order valence-electron chi connectivity index (χ0n) is 22.1. The molecular weight excluding hydrogens is 560 g/mol. The summed E-state index contributed by atoms with van der Waals surface area (Å²) in [7, 11) is 1.57. The van der Waals surface area contributed by atoms with Crippen LogP contribution in [0, 0.1) is 6.92 Å². The Morgan fingerprint density at radius 2 is 1.90 bits per heavy atom. The van der Waals surface area contributed by atoms with E-state index >= 15 is 0 Å². The smallest absolute Gasteiger partial charge is 0.256 e. The van der Waals surface area contributed by atoms with Crippen LogP contribution in [0.2, 0.25) is 0 Å². The zero-order valence-corrected chi connectivity index (χ0v) is 23.7. The van der Waals surface area contributed by atoms with E-state index in [1.165, 1.54) is 15.1 Å². The minimum atomic E-state index is -0.928. The summed E-state index contributed by atoms with van der Waals surface area (Å²) in [5, 5.41) is 19.8. The average molecular weight is 585 g/mol. The Balaban J connectivity index is 1.20. The molecule has 10 nitrogen and oxygen atoms in total. The molecule has 1 saturated heterocycles. The van der Waals surface area contributed by atoms with Crippen LogP contribution in [-0.4, -0.2) is 38.1 Å². The number of carbonyl (C=O) groups is 2. The number of aromatic nitrogens is 3. The van der Waals surface area contributed by atoms with Crippen LogP contribution >= 0.6 is 23.6 Å². The molecule has 1 aliphatic rings. The molecule has 1 unspecified atom stereocenters. The predicted molar refractivity (Wildman–Crippen MR) is 156 cm³/mol. The standard InChI is InChI=1S/C29H24N6O4S2/c1-17-8-13-21-24(14-17)41-26(31-21)18-9-11-19(12-10-18)30-25(36)15-22-27(37)35(20-6-4-3-5-7-20)29(40)34(22)16-23-28(38)39-32-33(23)2/h3-14,22H,15-16H2,1-2H3,(H-,30,31,32,36,38). The van der Waals surface area contributed by atoms with E-state index in [4.69, 9.17) is 21.7 Å². The van der Waals surface area contributed by atoms with Gasteiger partial charge in [0.05, 0.1) is 27.6 Å².